The molecule has 1 fully saturated rings. The molecule has 0 atom stereocenters. The van der Waals surface area contributed by atoms with Gasteiger partial charge in [-0.2, -0.15) is 0 Å². The summed E-state index contributed by atoms with van der Waals surface area (Å²) in [6, 6.07) is 4.38. The zero-order valence-electron chi connectivity index (χ0n) is 21.2. The van der Waals surface area contributed by atoms with Gasteiger partial charge in [-0.1, -0.05) is 11.3 Å². The number of nitrogens with zero attached hydrogens (tertiary/aromatic N) is 6. The quantitative estimate of drug-likeness (QED) is 0.316. The normalized spacial score (nSPS) is 15.2. The van der Waals surface area contributed by atoms with Crippen molar-refractivity contribution < 1.29 is 13.6 Å². The van der Waals surface area contributed by atoms with Gasteiger partial charge in [-0.15, -0.1) is 5.10 Å². The van der Waals surface area contributed by atoms with Crippen molar-refractivity contribution >= 4 is 23.0 Å². The number of allylic oxidation sites excluding steroid dienone is 3. The summed E-state index contributed by atoms with van der Waals surface area (Å²) < 4.78 is 30.9. The van der Waals surface area contributed by atoms with Crippen molar-refractivity contribution in [1.82, 2.24) is 24.9 Å². The van der Waals surface area contributed by atoms with Crippen molar-refractivity contribution in [1.29, 1.82) is 0 Å². The Bertz CT molecular complexity index is 1390. The maximum atomic E-state index is 14.7. The van der Waals surface area contributed by atoms with Crippen molar-refractivity contribution in [3.8, 4) is 11.3 Å². The average Bonchev–Trinajstić information content (AvgIpc) is 3.29. The second-order valence-electron chi connectivity index (χ2n) is 9.27. The van der Waals surface area contributed by atoms with Gasteiger partial charge in [0.05, 0.1) is 23.5 Å². The molecule has 0 amide bonds. The maximum Gasteiger partial charge on any atom is 0.170 e. The molecule has 1 aromatic carbocycles. The van der Waals surface area contributed by atoms with Gasteiger partial charge >= 0.3 is 0 Å². The third-order valence-corrected chi connectivity index (χ3v) is 6.50. The number of benzene rings is 1. The maximum absolute atomic E-state index is 14.7. The lowest BCUT2D eigenvalue weighted by molar-refractivity contribution is 0.101. The first-order chi connectivity index (χ1) is 17.2. The van der Waals surface area contributed by atoms with E-state index in [1.54, 1.807) is 12.3 Å². The van der Waals surface area contributed by atoms with Crippen LogP contribution in [0.3, 0.4) is 0 Å². The largest absolute Gasteiger partial charge is 0.357 e. The van der Waals surface area contributed by atoms with Crippen LogP contribution in [0.4, 0.5) is 8.78 Å². The number of piperidine rings is 1. The fraction of sp³-hybridized carbons (Fsp3) is 0.370. The van der Waals surface area contributed by atoms with E-state index >= 15 is 0 Å². The lowest BCUT2D eigenvalue weighted by atomic mass is 10.0. The first-order valence-corrected chi connectivity index (χ1v) is 12.0. The van der Waals surface area contributed by atoms with Crippen LogP contribution in [0.5, 0.6) is 0 Å². The van der Waals surface area contributed by atoms with Gasteiger partial charge in [-0.3, -0.25) is 9.78 Å². The van der Waals surface area contributed by atoms with E-state index in [1.807, 2.05) is 30.8 Å². The molecule has 0 spiro atoms. The van der Waals surface area contributed by atoms with Crippen LogP contribution in [0.2, 0.25) is 0 Å². The Morgan fingerprint density at radius 2 is 1.83 bits per heavy atom. The van der Waals surface area contributed by atoms with Crippen molar-refractivity contribution in [2.24, 2.45) is 4.99 Å². The molecule has 0 radical (unpaired) electrons. The lowest BCUT2D eigenvalue weighted by Crippen LogP contribution is -2.34. The molecule has 0 unspecified atom stereocenters. The smallest absolute Gasteiger partial charge is 0.170 e. The molecule has 4 rings (SSSR count). The van der Waals surface area contributed by atoms with Gasteiger partial charge in [0.1, 0.15) is 16.9 Å². The standard InChI is InChI=1S/C27H30F2N6O/c1-6-17(4)14-31-27(16(2)3)34-11-9-19(10-12-34)35-24-15-30-22(13-23(24)32-33-35)21-8-7-20(18(5)36)25(28)26(21)29/h6-8,13-15,19H,9-12H2,1-5H3/b17-6-,31-14-. The number of carbonyl (C=O) groups excluding carboxylic acids is 1. The number of ketones is 1. The Labute approximate surface area is 209 Å². The molecule has 2 aromatic heterocycles. The fourth-order valence-electron chi connectivity index (χ4n) is 4.36. The van der Waals surface area contributed by atoms with Gasteiger partial charge < -0.3 is 4.90 Å². The molecule has 0 N–H and O–H groups in total. The molecular weight excluding hydrogens is 462 g/mol. The molecule has 7 nitrogen and oxygen atoms in total. The van der Waals surface area contributed by atoms with Crippen LogP contribution in [0.15, 0.2) is 52.4 Å². The number of hydrogen-bond donors (Lipinski definition) is 0. The fourth-order valence-corrected chi connectivity index (χ4v) is 4.36. The van der Waals surface area contributed by atoms with Crippen LogP contribution in [-0.4, -0.2) is 50.0 Å². The molecule has 3 aromatic rings. The summed E-state index contributed by atoms with van der Waals surface area (Å²) in [5, 5.41) is 8.62. The highest BCUT2D eigenvalue weighted by molar-refractivity contribution is 5.95. The minimum absolute atomic E-state index is 0.0229. The number of likely N-dealkylation sites (tertiary alicyclic amines) is 1. The van der Waals surface area contributed by atoms with Crippen LogP contribution in [0.25, 0.3) is 22.3 Å². The van der Waals surface area contributed by atoms with Gasteiger partial charge in [0.15, 0.2) is 17.4 Å². The van der Waals surface area contributed by atoms with E-state index in [1.165, 1.54) is 19.1 Å². The molecule has 3 heterocycles. The molecule has 9 heteroatoms. The number of pyridine rings is 1. The summed E-state index contributed by atoms with van der Waals surface area (Å²) in [7, 11) is 0. The Hall–Kier alpha value is -3.75. The predicted molar refractivity (Wildman–Crippen MR) is 137 cm³/mol. The van der Waals surface area contributed by atoms with E-state index < -0.39 is 17.4 Å². The first kappa shape index (κ1) is 25.3. The second kappa shape index (κ2) is 10.5. The molecular formula is C27H30F2N6O. The van der Waals surface area contributed by atoms with E-state index in [9.17, 15) is 13.6 Å². The number of hydrogen-bond acceptors (Lipinski definition) is 6. The van der Waals surface area contributed by atoms with Crippen LogP contribution in [-0.2, 0) is 0 Å². The summed E-state index contributed by atoms with van der Waals surface area (Å²) in [5.74, 6) is -1.81. The van der Waals surface area contributed by atoms with Gasteiger partial charge in [-0.25, -0.2) is 18.5 Å². The number of Topliss-reactive ketones (excluding diaryl/α,β-unsaturated/α-hetero) is 1. The van der Waals surface area contributed by atoms with Gasteiger partial charge in [-0.05, 0) is 76.8 Å². The number of aliphatic imine (C=N–C) groups is 1. The predicted octanol–water partition coefficient (Wildman–Crippen LogP) is 5.90. The zero-order valence-corrected chi connectivity index (χ0v) is 21.2. The molecule has 36 heavy (non-hydrogen) atoms. The SMILES string of the molecule is C/C=C(C)\C=N/C(=C(C)C)N1CCC(n2nnc3cc(-c4ccc(C(C)=O)c(F)c4F)ncc32)CC1. The summed E-state index contributed by atoms with van der Waals surface area (Å²) in [5.41, 5.74) is 3.49. The van der Waals surface area contributed by atoms with Crippen molar-refractivity contribution in [3.05, 3.63) is 64.6 Å². The Morgan fingerprint density at radius 3 is 2.47 bits per heavy atom. The molecule has 0 saturated carbocycles. The van der Waals surface area contributed by atoms with Crippen LogP contribution < -0.4 is 0 Å². The minimum Gasteiger partial charge on any atom is -0.357 e. The molecule has 1 saturated heterocycles. The number of halogens is 2. The van der Waals surface area contributed by atoms with E-state index in [4.69, 9.17) is 4.99 Å². The first-order valence-electron chi connectivity index (χ1n) is 12.0. The molecule has 0 aliphatic carbocycles. The van der Waals surface area contributed by atoms with E-state index in [2.05, 4.69) is 34.0 Å². The zero-order chi connectivity index (χ0) is 26.0. The third kappa shape index (κ3) is 4.96. The lowest BCUT2D eigenvalue weighted by Gasteiger charge is -2.34. The Kier molecular flexibility index (Phi) is 7.37. The molecule has 1 aliphatic rings. The summed E-state index contributed by atoms with van der Waals surface area (Å²) >= 11 is 0. The highest BCUT2D eigenvalue weighted by Gasteiger charge is 2.25. The van der Waals surface area contributed by atoms with Crippen LogP contribution in [0.1, 0.15) is 63.9 Å². The van der Waals surface area contributed by atoms with Crippen LogP contribution >= 0.6 is 0 Å². The van der Waals surface area contributed by atoms with E-state index in [0.717, 1.165) is 48.4 Å². The monoisotopic (exact) mass is 492 g/mol. The Balaban J connectivity index is 1.54. The highest BCUT2D eigenvalue weighted by Crippen LogP contribution is 2.30. The van der Waals surface area contributed by atoms with Crippen molar-refractivity contribution in [3.63, 3.8) is 0 Å². The molecule has 1 aliphatic heterocycles. The molecule has 188 valence electrons. The number of rotatable bonds is 6. The number of aromatic nitrogens is 4. The highest BCUT2D eigenvalue weighted by atomic mass is 19.2. The minimum atomic E-state index is -1.17. The van der Waals surface area contributed by atoms with Crippen LogP contribution in [0, 0.1) is 11.6 Å². The van der Waals surface area contributed by atoms with Gasteiger partial charge in [0, 0.05) is 24.9 Å². The van der Waals surface area contributed by atoms with Crippen molar-refractivity contribution in [2.45, 2.75) is 53.5 Å². The number of fused-ring (bicyclic) bond motifs is 1. The summed E-state index contributed by atoms with van der Waals surface area (Å²) in [6.45, 7) is 11.0. The molecule has 0 bridgehead atoms. The van der Waals surface area contributed by atoms with Gasteiger partial charge in [0.25, 0.3) is 0 Å². The topological polar surface area (TPSA) is 76.3 Å². The summed E-state index contributed by atoms with van der Waals surface area (Å²) in [6.07, 6.45) is 7.24. The van der Waals surface area contributed by atoms with Crippen molar-refractivity contribution in [2.75, 3.05) is 13.1 Å². The van der Waals surface area contributed by atoms with E-state index in [-0.39, 0.29) is 22.9 Å². The second-order valence-corrected chi connectivity index (χ2v) is 9.27. The van der Waals surface area contributed by atoms with E-state index in [0.29, 0.717) is 5.52 Å². The third-order valence-electron chi connectivity index (χ3n) is 6.50. The summed E-state index contributed by atoms with van der Waals surface area (Å²) in [4.78, 5) is 22.9. The average molecular weight is 493 g/mol. The van der Waals surface area contributed by atoms with Gasteiger partial charge in [0.2, 0.25) is 0 Å². The Morgan fingerprint density at radius 1 is 1.11 bits per heavy atom. The number of carbonyl (C=O) groups is 1.